The largest absolute Gasteiger partial charge is 0.469 e. The first-order chi connectivity index (χ1) is 11.9. The Labute approximate surface area is 144 Å². The van der Waals surface area contributed by atoms with Gasteiger partial charge in [0.2, 0.25) is 5.91 Å². The van der Waals surface area contributed by atoms with Crippen molar-refractivity contribution in [1.82, 2.24) is 5.43 Å². The van der Waals surface area contributed by atoms with Gasteiger partial charge in [-0.15, -0.1) is 0 Å². The van der Waals surface area contributed by atoms with E-state index in [1.54, 1.807) is 32.0 Å². The molecular formula is C17H18N4O4. The summed E-state index contributed by atoms with van der Waals surface area (Å²) >= 11 is 0. The fourth-order valence-electron chi connectivity index (χ4n) is 2.10. The van der Waals surface area contributed by atoms with Crippen LogP contribution in [0.3, 0.4) is 0 Å². The average molecular weight is 342 g/mol. The summed E-state index contributed by atoms with van der Waals surface area (Å²) in [6, 6.07) is 7.95. The van der Waals surface area contributed by atoms with Crippen LogP contribution in [0.1, 0.15) is 39.8 Å². The van der Waals surface area contributed by atoms with Gasteiger partial charge in [0, 0.05) is 5.71 Å². The van der Waals surface area contributed by atoms with E-state index in [-0.39, 0.29) is 17.9 Å². The van der Waals surface area contributed by atoms with E-state index in [9.17, 15) is 14.4 Å². The minimum atomic E-state index is -0.635. The summed E-state index contributed by atoms with van der Waals surface area (Å²) in [6.07, 6.45) is 1.35. The summed E-state index contributed by atoms with van der Waals surface area (Å²) in [5, 5.41) is 6.48. The van der Waals surface area contributed by atoms with Gasteiger partial charge in [0.15, 0.2) is 0 Å². The van der Waals surface area contributed by atoms with Crippen molar-refractivity contribution in [2.24, 2.45) is 10.8 Å². The third-order valence-electron chi connectivity index (χ3n) is 3.33. The smallest absolute Gasteiger partial charge is 0.274 e. The number of furan rings is 1. The average Bonchev–Trinajstić information content (AvgIpc) is 2.99. The molecule has 0 aliphatic heterocycles. The summed E-state index contributed by atoms with van der Waals surface area (Å²) < 4.78 is 5.04. The number of rotatable bonds is 6. The molecule has 1 aromatic heterocycles. The highest BCUT2D eigenvalue weighted by Crippen LogP contribution is 2.14. The van der Waals surface area contributed by atoms with Crippen molar-refractivity contribution in [3.63, 3.8) is 0 Å². The third kappa shape index (κ3) is 4.77. The third-order valence-corrected chi connectivity index (χ3v) is 3.33. The summed E-state index contributed by atoms with van der Waals surface area (Å²) in [5.41, 5.74) is 8.93. The molecule has 0 bridgehead atoms. The van der Waals surface area contributed by atoms with Gasteiger partial charge >= 0.3 is 0 Å². The van der Waals surface area contributed by atoms with Crippen LogP contribution in [0.4, 0.5) is 5.69 Å². The minimum Gasteiger partial charge on any atom is -0.469 e. The van der Waals surface area contributed by atoms with Crippen molar-refractivity contribution < 1.29 is 18.8 Å². The van der Waals surface area contributed by atoms with Gasteiger partial charge in [0.25, 0.3) is 11.8 Å². The maximum atomic E-state index is 12.1. The molecule has 130 valence electrons. The molecule has 0 aliphatic rings. The second kappa shape index (κ2) is 7.91. The standard InChI is InChI=1S/C17H18N4O4/c1-10(20-21-17(24)12-7-8-25-11(12)2)9-15(22)19-14-6-4-3-5-13(14)16(18)23/h3-8H,9H2,1-2H3,(H2,18,23)(H,19,22)(H,21,24)/b20-10+. The molecule has 0 spiro atoms. The molecule has 0 radical (unpaired) electrons. The number of nitrogens with two attached hydrogens (primary N) is 1. The number of carbonyl (C=O) groups is 3. The van der Waals surface area contributed by atoms with Gasteiger partial charge in [-0.1, -0.05) is 12.1 Å². The SMILES string of the molecule is C/C(CC(=O)Nc1ccccc1C(N)=O)=N\NC(=O)c1ccoc1C. The molecule has 2 aromatic rings. The van der Waals surface area contributed by atoms with Crippen molar-refractivity contribution in [2.75, 3.05) is 5.32 Å². The Morgan fingerprint density at radius 2 is 1.88 bits per heavy atom. The zero-order valence-corrected chi connectivity index (χ0v) is 13.8. The molecule has 4 N–H and O–H groups in total. The van der Waals surface area contributed by atoms with Crippen LogP contribution in [0, 0.1) is 6.92 Å². The van der Waals surface area contributed by atoms with Crippen LogP contribution in [0.2, 0.25) is 0 Å². The first kappa shape index (κ1) is 17.9. The number of para-hydroxylation sites is 1. The van der Waals surface area contributed by atoms with Crippen LogP contribution in [0.5, 0.6) is 0 Å². The maximum Gasteiger partial charge on any atom is 0.274 e. The molecule has 1 aromatic carbocycles. The first-order valence-electron chi connectivity index (χ1n) is 7.44. The molecule has 0 atom stereocenters. The Kier molecular flexibility index (Phi) is 5.67. The van der Waals surface area contributed by atoms with Crippen LogP contribution in [-0.2, 0) is 4.79 Å². The number of primary amides is 1. The van der Waals surface area contributed by atoms with Gasteiger partial charge in [0.05, 0.1) is 29.5 Å². The highest BCUT2D eigenvalue weighted by atomic mass is 16.3. The van der Waals surface area contributed by atoms with Crippen molar-refractivity contribution in [1.29, 1.82) is 0 Å². The Bertz CT molecular complexity index is 839. The molecule has 0 fully saturated rings. The Morgan fingerprint density at radius 1 is 1.16 bits per heavy atom. The van der Waals surface area contributed by atoms with Crippen LogP contribution in [0.15, 0.2) is 46.1 Å². The highest BCUT2D eigenvalue weighted by Gasteiger charge is 2.13. The molecule has 0 unspecified atom stereocenters. The van der Waals surface area contributed by atoms with Crippen molar-refractivity contribution in [3.8, 4) is 0 Å². The normalized spacial score (nSPS) is 11.0. The number of carbonyl (C=O) groups excluding carboxylic acids is 3. The molecule has 0 aliphatic carbocycles. The molecular weight excluding hydrogens is 324 g/mol. The number of anilines is 1. The molecule has 1 heterocycles. The predicted octanol–water partition coefficient (Wildman–Crippen LogP) is 1.82. The van der Waals surface area contributed by atoms with Gasteiger partial charge in [-0.25, -0.2) is 5.43 Å². The topological polar surface area (TPSA) is 127 Å². The van der Waals surface area contributed by atoms with E-state index in [1.807, 2.05) is 0 Å². The van der Waals surface area contributed by atoms with Gasteiger partial charge < -0.3 is 15.5 Å². The summed E-state index contributed by atoms with van der Waals surface area (Å²) in [5.74, 6) is -0.969. The van der Waals surface area contributed by atoms with Gasteiger partial charge in [-0.2, -0.15) is 5.10 Å². The van der Waals surface area contributed by atoms with Crippen molar-refractivity contribution in [3.05, 3.63) is 53.5 Å². The second-order valence-corrected chi connectivity index (χ2v) is 5.31. The lowest BCUT2D eigenvalue weighted by Gasteiger charge is -2.08. The molecule has 8 nitrogen and oxygen atoms in total. The molecule has 0 saturated heterocycles. The van der Waals surface area contributed by atoms with Gasteiger partial charge in [0.1, 0.15) is 5.76 Å². The van der Waals surface area contributed by atoms with E-state index in [0.29, 0.717) is 22.7 Å². The fraction of sp³-hybridized carbons (Fsp3) is 0.176. The maximum absolute atomic E-state index is 12.1. The lowest BCUT2D eigenvalue weighted by Crippen LogP contribution is -2.22. The zero-order chi connectivity index (χ0) is 18.4. The quantitative estimate of drug-likeness (QED) is 0.546. The highest BCUT2D eigenvalue weighted by molar-refractivity contribution is 6.09. The monoisotopic (exact) mass is 342 g/mol. The van der Waals surface area contributed by atoms with E-state index in [4.69, 9.17) is 10.2 Å². The second-order valence-electron chi connectivity index (χ2n) is 5.31. The molecule has 2 rings (SSSR count). The van der Waals surface area contributed by atoms with Gasteiger partial charge in [-0.3, -0.25) is 14.4 Å². The number of hydrogen-bond acceptors (Lipinski definition) is 5. The number of benzene rings is 1. The Balaban J connectivity index is 1.95. The van der Waals surface area contributed by atoms with Gasteiger partial charge in [-0.05, 0) is 32.0 Å². The van der Waals surface area contributed by atoms with Crippen molar-refractivity contribution in [2.45, 2.75) is 20.3 Å². The van der Waals surface area contributed by atoms with E-state index in [2.05, 4.69) is 15.8 Å². The number of hydrazone groups is 1. The number of aryl methyl sites for hydroxylation is 1. The van der Waals surface area contributed by atoms with E-state index >= 15 is 0 Å². The van der Waals surface area contributed by atoms with E-state index < -0.39 is 11.8 Å². The molecule has 3 amide bonds. The predicted molar refractivity (Wildman–Crippen MR) is 92.2 cm³/mol. The van der Waals surface area contributed by atoms with E-state index in [0.717, 1.165) is 0 Å². The minimum absolute atomic E-state index is 0.0578. The van der Waals surface area contributed by atoms with Crippen LogP contribution < -0.4 is 16.5 Å². The lowest BCUT2D eigenvalue weighted by molar-refractivity contribution is -0.115. The molecule has 0 saturated carbocycles. The number of amides is 3. The number of nitrogens with one attached hydrogen (secondary N) is 2. The van der Waals surface area contributed by atoms with Crippen LogP contribution in [-0.4, -0.2) is 23.4 Å². The molecule has 8 heteroatoms. The fourth-order valence-corrected chi connectivity index (χ4v) is 2.10. The number of nitrogens with zero attached hydrogens (tertiary/aromatic N) is 1. The summed E-state index contributed by atoms with van der Waals surface area (Å²) in [7, 11) is 0. The Hall–Kier alpha value is -3.42. The van der Waals surface area contributed by atoms with E-state index in [1.165, 1.54) is 18.4 Å². The summed E-state index contributed by atoms with van der Waals surface area (Å²) in [4.78, 5) is 35.3. The first-order valence-corrected chi connectivity index (χ1v) is 7.44. The lowest BCUT2D eigenvalue weighted by atomic mass is 10.1. The Morgan fingerprint density at radius 3 is 2.52 bits per heavy atom. The van der Waals surface area contributed by atoms with Crippen LogP contribution in [0.25, 0.3) is 0 Å². The van der Waals surface area contributed by atoms with Crippen LogP contribution >= 0.6 is 0 Å². The summed E-state index contributed by atoms with van der Waals surface area (Å²) in [6.45, 7) is 3.26. The van der Waals surface area contributed by atoms with Crippen molar-refractivity contribution >= 4 is 29.1 Å². The number of hydrogen-bond donors (Lipinski definition) is 3. The molecule has 25 heavy (non-hydrogen) atoms. The zero-order valence-electron chi connectivity index (χ0n) is 13.8.